The summed E-state index contributed by atoms with van der Waals surface area (Å²) >= 11 is 1.75. The number of carbonyl (C=O) groups is 1. The number of carbonyl (C=O) groups excluding carboxylic acids is 1. The van der Waals surface area contributed by atoms with Gasteiger partial charge < -0.3 is 4.90 Å². The molecule has 1 heterocycles. The van der Waals surface area contributed by atoms with Crippen LogP contribution in [0.3, 0.4) is 0 Å². The lowest BCUT2D eigenvalue weighted by molar-refractivity contribution is -0.384. The van der Waals surface area contributed by atoms with Gasteiger partial charge in [0.25, 0.3) is 5.69 Å². The summed E-state index contributed by atoms with van der Waals surface area (Å²) < 4.78 is 0. The Morgan fingerprint density at radius 1 is 1.55 bits per heavy atom. The molecule has 6 heteroatoms. The number of anilines is 1. The standard InChI is InChI=1S/C14H18N2O3S/c1-10(17)11-5-6-13(14(8-11)16(18)19)15-7-3-4-12(15)9-20-2/h5-6,8,12H,3-4,7,9H2,1-2H3. The second-order valence-electron chi connectivity index (χ2n) is 4.96. The molecule has 0 N–H and O–H groups in total. The Hall–Kier alpha value is -1.56. The van der Waals surface area contributed by atoms with Gasteiger partial charge in [-0.3, -0.25) is 14.9 Å². The molecule has 0 amide bonds. The van der Waals surface area contributed by atoms with E-state index in [1.807, 2.05) is 6.26 Å². The van der Waals surface area contributed by atoms with Gasteiger partial charge in [0.15, 0.2) is 5.78 Å². The minimum Gasteiger partial charge on any atom is -0.362 e. The predicted molar refractivity (Wildman–Crippen MR) is 81.9 cm³/mol. The first-order chi connectivity index (χ1) is 9.54. The quantitative estimate of drug-likeness (QED) is 0.474. The number of hydrogen-bond donors (Lipinski definition) is 0. The second kappa shape index (κ2) is 6.26. The highest BCUT2D eigenvalue weighted by atomic mass is 32.2. The molecule has 1 aliphatic rings. The summed E-state index contributed by atoms with van der Waals surface area (Å²) in [6.07, 6.45) is 4.16. The number of nitro benzene ring substituents is 1. The Labute approximate surface area is 122 Å². The molecular formula is C14H18N2O3S. The highest BCUT2D eigenvalue weighted by Crippen LogP contribution is 2.35. The first kappa shape index (κ1) is 14.8. The lowest BCUT2D eigenvalue weighted by Gasteiger charge is -2.26. The Morgan fingerprint density at radius 2 is 2.30 bits per heavy atom. The molecule has 0 aliphatic carbocycles. The topological polar surface area (TPSA) is 63.5 Å². The van der Waals surface area contributed by atoms with E-state index < -0.39 is 4.92 Å². The van der Waals surface area contributed by atoms with Crippen LogP contribution in [0.25, 0.3) is 0 Å². The van der Waals surface area contributed by atoms with E-state index in [9.17, 15) is 14.9 Å². The zero-order valence-corrected chi connectivity index (χ0v) is 12.5. The summed E-state index contributed by atoms with van der Waals surface area (Å²) in [6, 6.07) is 5.13. The first-order valence-corrected chi connectivity index (χ1v) is 7.99. The van der Waals surface area contributed by atoms with Gasteiger partial charge in [0.2, 0.25) is 0 Å². The van der Waals surface area contributed by atoms with Crippen molar-refractivity contribution >= 4 is 28.9 Å². The normalized spacial score (nSPS) is 18.3. The van der Waals surface area contributed by atoms with Crippen molar-refractivity contribution in [1.29, 1.82) is 0 Å². The van der Waals surface area contributed by atoms with E-state index in [-0.39, 0.29) is 11.5 Å². The number of nitro groups is 1. The molecule has 1 aliphatic heterocycles. The molecule has 0 spiro atoms. The predicted octanol–water partition coefficient (Wildman–Crippen LogP) is 3.13. The summed E-state index contributed by atoms with van der Waals surface area (Å²) in [5, 5.41) is 11.3. The van der Waals surface area contributed by atoms with E-state index in [2.05, 4.69) is 4.90 Å². The van der Waals surface area contributed by atoms with Gasteiger partial charge in [-0.15, -0.1) is 0 Å². The minimum absolute atomic E-state index is 0.0331. The van der Waals surface area contributed by atoms with E-state index in [1.165, 1.54) is 13.0 Å². The molecular weight excluding hydrogens is 276 g/mol. The first-order valence-electron chi connectivity index (χ1n) is 6.59. The van der Waals surface area contributed by atoms with Crippen LogP contribution in [-0.4, -0.2) is 35.3 Å². The van der Waals surface area contributed by atoms with Crippen LogP contribution in [-0.2, 0) is 0 Å². The molecule has 1 atom stereocenters. The number of Topliss-reactive ketones (excluding diaryl/α,β-unsaturated/α-hetero) is 1. The number of thioether (sulfide) groups is 1. The van der Waals surface area contributed by atoms with Gasteiger partial charge >= 0.3 is 0 Å². The minimum atomic E-state index is -0.393. The lowest BCUT2D eigenvalue weighted by atomic mass is 10.1. The molecule has 20 heavy (non-hydrogen) atoms. The summed E-state index contributed by atoms with van der Waals surface area (Å²) in [7, 11) is 0. The average molecular weight is 294 g/mol. The van der Waals surface area contributed by atoms with Gasteiger partial charge in [0.1, 0.15) is 5.69 Å². The van der Waals surface area contributed by atoms with E-state index in [4.69, 9.17) is 0 Å². The fourth-order valence-electron chi connectivity index (χ4n) is 2.65. The van der Waals surface area contributed by atoms with Crippen LogP contribution in [0, 0.1) is 10.1 Å². The van der Waals surface area contributed by atoms with Gasteiger partial charge in [-0.25, -0.2) is 0 Å². The third-order valence-electron chi connectivity index (χ3n) is 3.62. The highest BCUT2D eigenvalue weighted by Gasteiger charge is 2.29. The lowest BCUT2D eigenvalue weighted by Crippen LogP contribution is -2.31. The highest BCUT2D eigenvalue weighted by molar-refractivity contribution is 7.98. The van der Waals surface area contributed by atoms with Crippen molar-refractivity contribution in [3.63, 3.8) is 0 Å². The van der Waals surface area contributed by atoms with E-state index in [0.717, 1.165) is 25.1 Å². The summed E-state index contributed by atoms with van der Waals surface area (Å²) in [4.78, 5) is 24.4. The molecule has 0 saturated carbocycles. The molecule has 1 fully saturated rings. The molecule has 2 rings (SSSR count). The fraction of sp³-hybridized carbons (Fsp3) is 0.500. The maximum absolute atomic E-state index is 11.4. The van der Waals surface area contributed by atoms with Crippen LogP contribution in [0.2, 0.25) is 0 Å². The monoisotopic (exact) mass is 294 g/mol. The smallest absolute Gasteiger partial charge is 0.293 e. The number of nitrogens with zero attached hydrogens (tertiary/aromatic N) is 2. The summed E-state index contributed by atoms with van der Waals surface area (Å²) in [6.45, 7) is 2.26. The van der Waals surface area contributed by atoms with Gasteiger partial charge in [0, 0.05) is 30.0 Å². The van der Waals surface area contributed by atoms with Crippen molar-refractivity contribution in [3.05, 3.63) is 33.9 Å². The molecule has 108 valence electrons. The molecule has 0 aromatic heterocycles. The average Bonchev–Trinajstić information content (AvgIpc) is 2.86. The van der Waals surface area contributed by atoms with Crippen molar-refractivity contribution < 1.29 is 9.72 Å². The Bertz CT molecular complexity index is 533. The number of ketones is 1. The zero-order chi connectivity index (χ0) is 14.7. The molecule has 1 aromatic rings. The maximum atomic E-state index is 11.4. The fourth-order valence-corrected chi connectivity index (χ4v) is 3.38. The van der Waals surface area contributed by atoms with Crippen LogP contribution in [0.5, 0.6) is 0 Å². The van der Waals surface area contributed by atoms with Crippen LogP contribution >= 0.6 is 11.8 Å². The molecule has 0 bridgehead atoms. The molecule has 1 aromatic carbocycles. The van der Waals surface area contributed by atoms with E-state index in [0.29, 0.717) is 17.3 Å². The molecule has 0 radical (unpaired) electrons. The number of hydrogen-bond acceptors (Lipinski definition) is 5. The van der Waals surface area contributed by atoms with E-state index >= 15 is 0 Å². The number of benzene rings is 1. The van der Waals surface area contributed by atoms with E-state index in [1.54, 1.807) is 23.9 Å². The SMILES string of the molecule is CSCC1CCCN1c1ccc(C(C)=O)cc1[N+](=O)[O-]. The van der Waals surface area contributed by atoms with Gasteiger partial charge in [0.05, 0.1) is 4.92 Å². The summed E-state index contributed by atoms with van der Waals surface area (Å²) in [5.41, 5.74) is 1.06. The van der Waals surface area contributed by atoms with Gasteiger partial charge in [-0.2, -0.15) is 11.8 Å². The molecule has 1 saturated heterocycles. The zero-order valence-electron chi connectivity index (χ0n) is 11.7. The second-order valence-corrected chi connectivity index (χ2v) is 5.87. The van der Waals surface area contributed by atoms with Crippen molar-refractivity contribution in [2.45, 2.75) is 25.8 Å². The van der Waals surface area contributed by atoms with Crippen molar-refractivity contribution in [3.8, 4) is 0 Å². The molecule has 1 unspecified atom stereocenters. The third kappa shape index (κ3) is 2.95. The van der Waals surface area contributed by atoms with Crippen molar-refractivity contribution in [2.24, 2.45) is 0 Å². The summed E-state index contributed by atoms with van der Waals surface area (Å²) in [5.74, 6) is 0.813. The van der Waals surface area contributed by atoms with Crippen LogP contribution in [0.1, 0.15) is 30.1 Å². The van der Waals surface area contributed by atoms with Crippen molar-refractivity contribution in [1.82, 2.24) is 0 Å². The van der Waals surface area contributed by atoms with Crippen molar-refractivity contribution in [2.75, 3.05) is 23.5 Å². The maximum Gasteiger partial charge on any atom is 0.293 e. The Kier molecular flexibility index (Phi) is 4.65. The number of rotatable bonds is 5. The Balaban J connectivity index is 2.40. The Morgan fingerprint density at radius 3 is 2.90 bits per heavy atom. The van der Waals surface area contributed by atoms with Crippen LogP contribution in [0.4, 0.5) is 11.4 Å². The van der Waals surface area contributed by atoms with Crippen LogP contribution in [0.15, 0.2) is 18.2 Å². The third-order valence-corrected chi connectivity index (χ3v) is 4.34. The van der Waals surface area contributed by atoms with Gasteiger partial charge in [-0.05, 0) is 38.2 Å². The largest absolute Gasteiger partial charge is 0.362 e. The van der Waals surface area contributed by atoms with Gasteiger partial charge in [-0.1, -0.05) is 0 Å². The van der Waals surface area contributed by atoms with Crippen LogP contribution < -0.4 is 4.90 Å². The molecule has 5 nitrogen and oxygen atoms in total.